The molecule has 0 radical (unpaired) electrons. The SMILES string of the molecule is Nc1nnc(-c2ccccc2O)cc1N1CCN(c2cc[nH]c(=O)c2)CC1. The molecule has 1 aromatic carbocycles. The lowest BCUT2D eigenvalue weighted by Gasteiger charge is -2.37. The summed E-state index contributed by atoms with van der Waals surface area (Å²) in [5, 5.41) is 18.3. The van der Waals surface area contributed by atoms with Crippen molar-refractivity contribution in [3.8, 4) is 17.0 Å². The van der Waals surface area contributed by atoms with Crippen LogP contribution in [-0.4, -0.2) is 46.5 Å². The van der Waals surface area contributed by atoms with Gasteiger partial charge in [0.05, 0.1) is 11.4 Å². The van der Waals surface area contributed by atoms with Crippen molar-refractivity contribution in [1.29, 1.82) is 0 Å². The van der Waals surface area contributed by atoms with E-state index in [2.05, 4.69) is 25.0 Å². The molecule has 1 saturated heterocycles. The van der Waals surface area contributed by atoms with Crippen molar-refractivity contribution in [2.75, 3.05) is 41.7 Å². The van der Waals surface area contributed by atoms with Crippen LogP contribution in [0.3, 0.4) is 0 Å². The maximum absolute atomic E-state index is 11.5. The molecule has 8 nitrogen and oxygen atoms in total. The van der Waals surface area contributed by atoms with E-state index in [1.807, 2.05) is 18.2 Å². The number of aromatic nitrogens is 3. The van der Waals surface area contributed by atoms with Crippen molar-refractivity contribution in [3.05, 3.63) is 59.0 Å². The van der Waals surface area contributed by atoms with Gasteiger partial charge in [-0.3, -0.25) is 4.79 Å². The Balaban J connectivity index is 1.55. The first-order valence-corrected chi connectivity index (χ1v) is 8.72. The normalized spacial score (nSPS) is 14.4. The number of H-pyrrole nitrogens is 1. The number of aromatic hydroxyl groups is 1. The molecule has 0 unspecified atom stereocenters. The minimum Gasteiger partial charge on any atom is -0.507 e. The van der Waals surface area contributed by atoms with Gasteiger partial charge in [-0.2, -0.15) is 0 Å². The highest BCUT2D eigenvalue weighted by atomic mass is 16.3. The number of hydrogen-bond donors (Lipinski definition) is 3. The smallest absolute Gasteiger partial charge is 0.249 e. The molecule has 0 aliphatic carbocycles. The van der Waals surface area contributed by atoms with Crippen LogP contribution in [0, 0.1) is 0 Å². The summed E-state index contributed by atoms with van der Waals surface area (Å²) in [4.78, 5) is 18.5. The van der Waals surface area contributed by atoms with Crippen LogP contribution in [0.4, 0.5) is 17.2 Å². The lowest BCUT2D eigenvalue weighted by molar-refractivity contribution is 0.477. The van der Waals surface area contributed by atoms with Gasteiger partial charge in [-0.15, -0.1) is 10.2 Å². The monoisotopic (exact) mass is 364 g/mol. The number of pyridine rings is 1. The predicted octanol–water partition coefficient (Wildman–Crippen LogP) is 1.45. The molecule has 3 aromatic rings. The fourth-order valence-electron chi connectivity index (χ4n) is 3.30. The maximum atomic E-state index is 11.5. The van der Waals surface area contributed by atoms with E-state index < -0.39 is 0 Å². The molecule has 0 amide bonds. The first kappa shape index (κ1) is 16.9. The summed E-state index contributed by atoms with van der Waals surface area (Å²) in [6, 6.07) is 12.4. The zero-order valence-corrected chi connectivity index (χ0v) is 14.7. The molecule has 0 atom stereocenters. The summed E-state index contributed by atoms with van der Waals surface area (Å²) < 4.78 is 0. The number of nitrogens with two attached hydrogens (primary N) is 1. The summed E-state index contributed by atoms with van der Waals surface area (Å²) in [6.45, 7) is 3.00. The zero-order chi connectivity index (χ0) is 18.8. The van der Waals surface area contributed by atoms with Crippen molar-refractivity contribution in [2.45, 2.75) is 0 Å². The number of anilines is 3. The minimum absolute atomic E-state index is 0.107. The van der Waals surface area contributed by atoms with Gasteiger partial charge in [0.25, 0.3) is 0 Å². The number of phenols is 1. The van der Waals surface area contributed by atoms with Crippen molar-refractivity contribution >= 4 is 17.2 Å². The van der Waals surface area contributed by atoms with E-state index in [1.165, 1.54) is 0 Å². The number of nitrogens with zero attached hydrogens (tertiary/aromatic N) is 4. The molecular weight excluding hydrogens is 344 g/mol. The van der Waals surface area contributed by atoms with Gasteiger partial charge < -0.3 is 25.6 Å². The molecule has 2 aromatic heterocycles. The molecule has 1 aliphatic rings. The maximum Gasteiger partial charge on any atom is 0.249 e. The average molecular weight is 364 g/mol. The lowest BCUT2D eigenvalue weighted by atomic mass is 10.1. The second-order valence-electron chi connectivity index (χ2n) is 6.40. The van der Waals surface area contributed by atoms with Crippen LogP contribution >= 0.6 is 0 Å². The van der Waals surface area contributed by atoms with E-state index >= 15 is 0 Å². The standard InChI is InChI=1S/C19H20N6O2/c20-19-16(12-15(22-23-19)14-3-1-2-4-17(14)26)25-9-7-24(8-10-25)13-5-6-21-18(27)11-13/h1-6,11-12,26H,7-10H2,(H2,20,23)(H,21,27). The van der Waals surface area contributed by atoms with E-state index in [0.29, 0.717) is 17.1 Å². The first-order chi connectivity index (χ1) is 13.1. The fraction of sp³-hybridized carbons (Fsp3) is 0.211. The summed E-state index contributed by atoms with van der Waals surface area (Å²) in [5.74, 6) is 0.514. The Kier molecular flexibility index (Phi) is 4.37. The number of nitrogens with one attached hydrogen (secondary N) is 1. The van der Waals surface area contributed by atoms with E-state index in [9.17, 15) is 9.90 Å². The fourth-order valence-corrected chi connectivity index (χ4v) is 3.30. The van der Waals surface area contributed by atoms with E-state index in [0.717, 1.165) is 37.6 Å². The van der Waals surface area contributed by atoms with Gasteiger partial charge in [-0.25, -0.2) is 0 Å². The number of phenolic OH excluding ortho intramolecular Hbond substituents is 1. The molecular formula is C19H20N6O2. The molecule has 138 valence electrons. The van der Waals surface area contributed by atoms with Gasteiger partial charge in [-0.05, 0) is 24.3 Å². The first-order valence-electron chi connectivity index (χ1n) is 8.72. The Morgan fingerprint density at radius 3 is 2.48 bits per heavy atom. The number of aromatic amines is 1. The van der Waals surface area contributed by atoms with E-state index in [4.69, 9.17) is 5.73 Å². The van der Waals surface area contributed by atoms with E-state index in [-0.39, 0.29) is 11.3 Å². The topological polar surface area (TPSA) is 111 Å². The molecule has 1 aliphatic heterocycles. The third-order valence-electron chi connectivity index (χ3n) is 4.73. The third kappa shape index (κ3) is 3.41. The van der Waals surface area contributed by atoms with Crippen LogP contribution in [0.1, 0.15) is 0 Å². The molecule has 27 heavy (non-hydrogen) atoms. The van der Waals surface area contributed by atoms with Gasteiger partial charge in [0.15, 0.2) is 5.82 Å². The molecule has 4 N–H and O–H groups in total. The Morgan fingerprint density at radius 1 is 1.00 bits per heavy atom. The molecule has 0 spiro atoms. The second-order valence-corrected chi connectivity index (χ2v) is 6.40. The molecule has 0 bridgehead atoms. The van der Waals surface area contributed by atoms with Gasteiger partial charge in [0, 0.05) is 49.7 Å². The molecule has 0 saturated carbocycles. The van der Waals surface area contributed by atoms with Crippen molar-refractivity contribution in [1.82, 2.24) is 15.2 Å². The molecule has 3 heterocycles. The Hall–Kier alpha value is -3.55. The average Bonchev–Trinajstić information content (AvgIpc) is 2.69. The second kappa shape index (κ2) is 6.99. The summed E-state index contributed by atoms with van der Waals surface area (Å²) in [6.07, 6.45) is 1.66. The number of benzene rings is 1. The van der Waals surface area contributed by atoms with Crippen LogP contribution < -0.4 is 21.1 Å². The van der Waals surface area contributed by atoms with Crippen LogP contribution in [0.15, 0.2) is 53.5 Å². The van der Waals surface area contributed by atoms with Crippen molar-refractivity contribution in [3.63, 3.8) is 0 Å². The number of nitrogen functional groups attached to an aromatic ring is 1. The van der Waals surface area contributed by atoms with Crippen LogP contribution in [0.5, 0.6) is 5.75 Å². The number of rotatable bonds is 3. The van der Waals surface area contributed by atoms with Crippen molar-refractivity contribution in [2.24, 2.45) is 0 Å². The predicted molar refractivity (Wildman–Crippen MR) is 105 cm³/mol. The Bertz CT molecular complexity index is 1010. The van der Waals surface area contributed by atoms with E-state index in [1.54, 1.807) is 30.5 Å². The van der Waals surface area contributed by atoms with Gasteiger partial charge in [-0.1, -0.05) is 12.1 Å². The van der Waals surface area contributed by atoms with Crippen LogP contribution in [0.25, 0.3) is 11.3 Å². The largest absolute Gasteiger partial charge is 0.507 e. The van der Waals surface area contributed by atoms with Crippen LogP contribution in [0.2, 0.25) is 0 Å². The number of hydrogen-bond acceptors (Lipinski definition) is 7. The minimum atomic E-state index is -0.107. The highest BCUT2D eigenvalue weighted by molar-refractivity contribution is 5.74. The zero-order valence-electron chi connectivity index (χ0n) is 14.7. The van der Waals surface area contributed by atoms with Crippen LogP contribution in [-0.2, 0) is 0 Å². The number of para-hydroxylation sites is 1. The molecule has 1 fully saturated rings. The van der Waals surface area contributed by atoms with Crippen molar-refractivity contribution < 1.29 is 5.11 Å². The lowest BCUT2D eigenvalue weighted by Crippen LogP contribution is -2.47. The summed E-state index contributed by atoms with van der Waals surface area (Å²) >= 11 is 0. The van der Waals surface area contributed by atoms with Gasteiger partial charge in [0.1, 0.15) is 5.75 Å². The highest BCUT2D eigenvalue weighted by Crippen LogP contribution is 2.31. The molecule has 8 heteroatoms. The number of piperazine rings is 1. The quantitative estimate of drug-likeness (QED) is 0.645. The third-order valence-corrected chi connectivity index (χ3v) is 4.73. The summed E-state index contributed by atoms with van der Waals surface area (Å²) in [5.41, 5.74) is 8.87. The van der Waals surface area contributed by atoms with Gasteiger partial charge >= 0.3 is 0 Å². The summed E-state index contributed by atoms with van der Waals surface area (Å²) in [7, 11) is 0. The Labute approximate surface area is 155 Å². The molecule has 4 rings (SSSR count). The van der Waals surface area contributed by atoms with Gasteiger partial charge in [0.2, 0.25) is 5.56 Å². The Morgan fingerprint density at radius 2 is 1.74 bits per heavy atom. The highest BCUT2D eigenvalue weighted by Gasteiger charge is 2.21.